The maximum atomic E-state index is 4.66. The minimum Gasteiger partial charge on any atom is -0.254 e. The third-order valence-electron chi connectivity index (χ3n) is 5.20. The third kappa shape index (κ3) is 3.63. The summed E-state index contributed by atoms with van der Waals surface area (Å²) < 4.78 is 0. The van der Waals surface area contributed by atoms with Gasteiger partial charge in [0.1, 0.15) is 0 Å². The van der Waals surface area contributed by atoms with Gasteiger partial charge in [-0.3, -0.25) is 9.97 Å². The number of fused-ring (bicyclic) bond motifs is 3. The summed E-state index contributed by atoms with van der Waals surface area (Å²) in [5, 5.41) is 2.21. The van der Waals surface area contributed by atoms with E-state index in [1.165, 1.54) is 11.1 Å². The molecular formula is C28H20N2. The van der Waals surface area contributed by atoms with Crippen LogP contribution in [0.1, 0.15) is 22.3 Å². The van der Waals surface area contributed by atoms with Crippen LogP contribution in [0, 0.1) is 0 Å². The minimum absolute atomic E-state index is 0.928. The van der Waals surface area contributed by atoms with Crippen molar-refractivity contribution in [3.05, 3.63) is 120 Å². The Bertz CT molecular complexity index is 1260. The first-order chi connectivity index (χ1) is 14.9. The molecule has 0 unspecified atom stereocenters. The number of hydrogen-bond acceptors (Lipinski definition) is 2. The summed E-state index contributed by atoms with van der Waals surface area (Å²) in [5.41, 5.74) is 6.48. The number of aromatic nitrogens is 2. The molecule has 0 spiro atoms. The summed E-state index contributed by atoms with van der Waals surface area (Å²) in [6.45, 7) is 0. The van der Waals surface area contributed by atoms with Gasteiger partial charge in [0.2, 0.25) is 0 Å². The molecule has 0 amide bonds. The Morgan fingerprint density at radius 3 is 1.30 bits per heavy atom. The lowest BCUT2D eigenvalue weighted by Crippen LogP contribution is -1.89. The minimum atomic E-state index is 0.928. The first-order valence-electron chi connectivity index (χ1n) is 10.0. The van der Waals surface area contributed by atoms with Crippen LogP contribution in [0.3, 0.4) is 0 Å². The lowest BCUT2D eigenvalue weighted by Gasteiger charge is -2.07. The molecule has 5 aromatic rings. The van der Waals surface area contributed by atoms with E-state index in [9.17, 15) is 0 Å². The summed E-state index contributed by atoms with van der Waals surface area (Å²) in [6.07, 6.45) is 12.3. The van der Waals surface area contributed by atoms with E-state index in [4.69, 9.17) is 0 Å². The summed E-state index contributed by atoms with van der Waals surface area (Å²) in [5.74, 6) is 0. The molecule has 0 saturated heterocycles. The van der Waals surface area contributed by atoms with Crippen molar-refractivity contribution in [3.63, 3.8) is 0 Å². The molecule has 3 aromatic carbocycles. The highest BCUT2D eigenvalue weighted by Crippen LogP contribution is 2.28. The number of nitrogens with zero attached hydrogens (tertiary/aromatic N) is 2. The molecule has 0 fully saturated rings. The van der Waals surface area contributed by atoms with Crippen molar-refractivity contribution in [3.8, 4) is 0 Å². The summed E-state index contributed by atoms with van der Waals surface area (Å²) in [7, 11) is 0. The molecule has 2 heterocycles. The van der Waals surface area contributed by atoms with E-state index in [2.05, 4.69) is 70.7 Å². The van der Waals surface area contributed by atoms with Crippen molar-refractivity contribution in [2.24, 2.45) is 0 Å². The lowest BCUT2D eigenvalue weighted by atomic mass is 10.0. The molecule has 0 bridgehead atoms. The van der Waals surface area contributed by atoms with Crippen LogP contribution < -0.4 is 0 Å². The molecule has 2 aromatic heterocycles. The fourth-order valence-electron chi connectivity index (χ4n) is 3.66. The zero-order valence-electron chi connectivity index (χ0n) is 16.4. The van der Waals surface area contributed by atoms with Crippen LogP contribution in [0.4, 0.5) is 0 Å². The second-order valence-electron chi connectivity index (χ2n) is 7.15. The average molecular weight is 384 g/mol. The van der Waals surface area contributed by atoms with Crippen LogP contribution in [0.5, 0.6) is 0 Å². The first kappa shape index (κ1) is 18.0. The van der Waals surface area contributed by atoms with E-state index in [1.54, 1.807) is 0 Å². The summed E-state index contributed by atoms with van der Waals surface area (Å²) in [6, 6.07) is 29.0. The lowest BCUT2D eigenvalue weighted by molar-refractivity contribution is 1.37. The van der Waals surface area contributed by atoms with E-state index in [0.29, 0.717) is 0 Å². The molecule has 2 heteroatoms. The highest BCUT2D eigenvalue weighted by molar-refractivity contribution is 6.08. The van der Waals surface area contributed by atoms with Gasteiger partial charge in [0.05, 0.1) is 11.0 Å². The molecule has 2 nitrogen and oxygen atoms in total. The summed E-state index contributed by atoms with van der Waals surface area (Å²) >= 11 is 0. The Labute approximate surface area is 175 Å². The van der Waals surface area contributed by atoms with Gasteiger partial charge in [-0.15, -0.1) is 0 Å². The molecule has 0 aliphatic heterocycles. The molecule has 0 aliphatic carbocycles. The SMILES string of the molecule is C(=Cc1ccnc2c1ccc1c(C=Cc3ccccc3)ccnc12)c1ccccc1. The number of pyridine rings is 2. The molecule has 0 N–H and O–H groups in total. The van der Waals surface area contributed by atoms with Crippen LogP contribution in [0.15, 0.2) is 97.3 Å². The topological polar surface area (TPSA) is 25.8 Å². The van der Waals surface area contributed by atoms with Crippen LogP contribution in [0.2, 0.25) is 0 Å². The normalized spacial score (nSPS) is 11.7. The predicted molar refractivity (Wildman–Crippen MR) is 128 cm³/mol. The number of benzene rings is 3. The van der Waals surface area contributed by atoms with Gasteiger partial charge >= 0.3 is 0 Å². The molecule has 30 heavy (non-hydrogen) atoms. The predicted octanol–water partition coefficient (Wildman–Crippen LogP) is 7.12. The maximum Gasteiger partial charge on any atom is 0.0970 e. The van der Waals surface area contributed by atoms with E-state index < -0.39 is 0 Å². The average Bonchev–Trinajstić information content (AvgIpc) is 2.82. The Morgan fingerprint density at radius 2 is 0.867 bits per heavy atom. The van der Waals surface area contributed by atoms with Gasteiger partial charge in [-0.2, -0.15) is 0 Å². The standard InChI is InChI=1S/C28H20N2/c1-3-7-21(8-4-1)11-13-23-17-19-29-27-25(23)15-16-26-24(18-20-30-28(26)27)14-12-22-9-5-2-6-10-22/h1-20H. The van der Waals surface area contributed by atoms with E-state index >= 15 is 0 Å². The largest absolute Gasteiger partial charge is 0.254 e. The van der Waals surface area contributed by atoms with Gasteiger partial charge < -0.3 is 0 Å². The zero-order chi connectivity index (χ0) is 20.2. The zero-order valence-corrected chi connectivity index (χ0v) is 16.4. The molecule has 0 radical (unpaired) electrons. The third-order valence-corrected chi connectivity index (χ3v) is 5.20. The molecule has 5 rings (SSSR count). The monoisotopic (exact) mass is 384 g/mol. The maximum absolute atomic E-state index is 4.66. The molecule has 142 valence electrons. The van der Waals surface area contributed by atoms with E-state index in [1.807, 2.05) is 60.9 Å². The summed E-state index contributed by atoms with van der Waals surface area (Å²) in [4.78, 5) is 9.33. The van der Waals surface area contributed by atoms with Gasteiger partial charge in [-0.05, 0) is 34.4 Å². The molecular weight excluding hydrogens is 364 g/mol. The van der Waals surface area contributed by atoms with Crippen LogP contribution >= 0.6 is 0 Å². The van der Waals surface area contributed by atoms with Crippen molar-refractivity contribution in [1.29, 1.82) is 0 Å². The molecule has 0 atom stereocenters. The van der Waals surface area contributed by atoms with Crippen molar-refractivity contribution in [2.75, 3.05) is 0 Å². The van der Waals surface area contributed by atoms with E-state index in [-0.39, 0.29) is 0 Å². The number of hydrogen-bond donors (Lipinski definition) is 0. The van der Waals surface area contributed by atoms with Gasteiger partial charge in [0.25, 0.3) is 0 Å². The van der Waals surface area contributed by atoms with Crippen LogP contribution in [0.25, 0.3) is 46.1 Å². The van der Waals surface area contributed by atoms with Gasteiger partial charge in [0, 0.05) is 23.2 Å². The van der Waals surface area contributed by atoms with Gasteiger partial charge in [-0.25, -0.2) is 0 Å². The van der Waals surface area contributed by atoms with Crippen molar-refractivity contribution in [1.82, 2.24) is 9.97 Å². The van der Waals surface area contributed by atoms with Gasteiger partial charge in [-0.1, -0.05) is 97.1 Å². The fraction of sp³-hybridized carbons (Fsp3) is 0. The quantitative estimate of drug-likeness (QED) is 0.308. The Hall–Kier alpha value is -4.04. The van der Waals surface area contributed by atoms with Crippen molar-refractivity contribution in [2.45, 2.75) is 0 Å². The van der Waals surface area contributed by atoms with Crippen molar-refractivity contribution < 1.29 is 0 Å². The fourth-order valence-corrected chi connectivity index (χ4v) is 3.66. The Morgan fingerprint density at radius 1 is 0.433 bits per heavy atom. The Kier molecular flexibility index (Phi) is 4.89. The first-order valence-corrected chi connectivity index (χ1v) is 10.0. The smallest absolute Gasteiger partial charge is 0.0970 e. The molecule has 0 saturated carbocycles. The van der Waals surface area contributed by atoms with E-state index in [0.717, 1.165) is 32.9 Å². The highest BCUT2D eigenvalue weighted by atomic mass is 14.7. The highest BCUT2D eigenvalue weighted by Gasteiger charge is 2.08. The molecule has 0 aliphatic rings. The van der Waals surface area contributed by atoms with Gasteiger partial charge in [0.15, 0.2) is 0 Å². The second kappa shape index (κ2) is 8.14. The number of rotatable bonds is 4. The van der Waals surface area contributed by atoms with Crippen LogP contribution in [-0.2, 0) is 0 Å². The Balaban J connectivity index is 1.59. The van der Waals surface area contributed by atoms with Crippen LogP contribution in [-0.4, -0.2) is 9.97 Å². The van der Waals surface area contributed by atoms with Crippen molar-refractivity contribution >= 4 is 46.1 Å². The second-order valence-corrected chi connectivity index (χ2v) is 7.15.